The second kappa shape index (κ2) is 5.19. The zero-order valence-electron chi connectivity index (χ0n) is 11.1. The van der Waals surface area contributed by atoms with Crippen molar-refractivity contribution in [2.75, 3.05) is 20.1 Å². The highest BCUT2D eigenvalue weighted by Gasteiger charge is 2.28. The van der Waals surface area contributed by atoms with Crippen molar-refractivity contribution in [2.45, 2.75) is 38.1 Å². The Morgan fingerprint density at radius 2 is 1.76 bits per heavy atom. The van der Waals surface area contributed by atoms with Crippen LogP contribution < -0.4 is 5.73 Å². The Morgan fingerprint density at radius 3 is 2.35 bits per heavy atom. The lowest BCUT2D eigenvalue weighted by atomic mass is 9.83. The molecule has 0 saturated carbocycles. The topological polar surface area (TPSA) is 29.3 Å². The molecule has 0 spiro atoms. The number of rotatable bonds is 3. The minimum Gasteiger partial charge on any atom is -0.325 e. The molecule has 0 aliphatic carbocycles. The van der Waals surface area contributed by atoms with Crippen molar-refractivity contribution in [3.8, 4) is 0 Å². The second-order valence-corrected chi connectivity index (χ2v) is 5.65. The normalized spacial score (nSPS) is 20.4. The first-order chi connectivity index (χ1) is 8.07. The number of piperidine rings is 1. The molecular formula is C15H24N2. The SMILES string of the molecule is Cc1ccc(CCC2(N)CCN(C)CC2)cc1. The van der Waals surface area contributed by atoms with Gasteiger partial charge in [0.25, 0.3) is 0 Å². The Bertz CT molecular complexity index is 348. The van der Waals surface area contributed by atoms with Crippen LogP contribution in [0.25, 0.3) is 0 Å². The molecule has 0 amide bonds. The van der Waals surface area contributed by atoms with Gasteiger partial charge < -0.3 is 10.6 Å². The molecule has 1 heterocycles. The second-order valence-electron chi connectivity index (χ2n) is 5.65. The van der Waals surface area contributed by atoms with Crippen LogP contribution in [0.2, 0.25) is 0 Å². The van der Waals surface area contributed by atoms with E-state index in [2.05, 4.69) is 43.1 Å². The highest BCUT2D eigenvalue weighted by atomic mass is 15.1. The first-order valence-electron chi connectivity index (χ1n) is 6.60. The first kappa shape index (κ1) is 12.6. The van der Waals surface area contributed by atoms with E-state index in [1.807, 2.05) is 0 Å². The average molecular weight is 232 g/mol. The molecule has 0 radical (unpaired) electrons. The van der Waals surface area contributed by atoms with E-state index in [0.717, 1.165) is 38.8 Å². The molecule has 1 saturated heterocycles. The average Bonchev–Trinajstić information content (AvgIpc) is 2.33. The molecule has 0 atom stereocenters. The van der Waals surface area contributed by atoms with Gasteiger partial charge in [0.15, 0.2) is 0 Å². The van der Waals surface area contributed by atoms with Gasteiger partial charge in [-0.1, -0.05) is 29.8 Å². The van der Waals surface area contributed by atoms with E-state index in [1.165, 1.54) is 11.1 Å². The third-order valence-corrected chi connectivity index (χ3v) is 4.01. The van der Waals surface area contributed by atoms with Crippen LogP contribution in [0.3, 0.4) is 0 Å². The Kier molecular flexibility index (Phi) is 3.85. The number of nitrogens with two attached hydrogens (primary N) is 1. The number of hydrogen-bond donors (Lipinski definition) is 1. The zero-order chi connectivity index (χ0) is 12.3. The summed E-state index contributed by atoms with van der Waals surface area (Å²) in [5.74, 6) is 0. The molecule has 2 N–H and O–H groups in total. The van der Waals surface area contributed by atoms with Gasteiger partial charge in [-0.25, -0.2) is 0 Å². The van der Waals surface area contributed by atoms with Crippen LogP contribution in [0.1, 0.15) is 30.4 Å². The third-order valence-electron chi connectivity index (χ3n) is 4.01. The van der Waals surface area contributed by atoms with Crippen LogP contribution >= 0.6 is 0 Å². The Labute approximate surface area is 105 Å². The Morgan fingerprint density at radius 1 is 1.18 bits per heavy atom. The van der Waals surface area contributed by atoms with Gasteiger partial charge in [-0.15, -0.1) is 0 Å². The number of nitrogens with zero attached hydrogens (tertiary/aromatic N) is 1. The molecule has 2 rings (SSSR count). The van der Waals surface area contributed by atoms with E-state index in [1.54, 1.807) is 0 Å². The molecule has 2 heteroatoms. The fourth-order valence-corrected chi connectivity index (χ4v) is 2.46. The monoisotopic (exact) mass is 232 g/mol. The lowest BCUT2D eigenvalue weighted by Crippen LogP contribution is -2.49. The summed E-state index contributed by atoms with van der Waals surface area (Å²) < 4.78 is 0. The Balaban J connectivity index is 1.87. The molecule has 1 aromatic carbocycles. The third kappa shape index (κ3) is 3.55. The zero-order valence-corrected chi connectivity index (χ0v) is 11.1. The van der Waals surface area contributed by atoms with Crippen LogP contribution in [0.4, 0.5) is 0 Å². The van der Waals surface area contributed by atoms with E-state index in [9.17, 15) is 0 Å². The largest absolute Gasteiger partial charge is 0.325 e. The maximum atomic E-state index is 6.47. The summed E-state index contributed by atoms with van der Waals surface area (Å²) in [6, 6.07) is 8.83. The molecule has 1 aliphatic heterocycles. The van der Waals surface area contributed by atoms with Gasteiger partial charge in [-0.2, -0.15) is 0 Å². The number of hydrogen-bond acceptors (Lipinski definition) is 2. The van der Waals surface area contributed by atoms with E-state index in [0.29, 0.717) is 0 Å². The van der Waals surface area contributed by atoms with Crippen molar-refractivity contribution < 1.29 is 0 Å². The van der Waals surface area contributed by atoms with Gasteiger partial charge in [0.2, 0.25) is 0 Å². The highest BCUT2D eigenvalue weighted by molar-refractivity contribution is 5.21. The van der Waals surface area contributed by atoms with Crippen LogP contribution in [0, 0.1) is 6.92 Å². The number of likely N-dealkylation sites (tertiary alicyclic amines) is 1. The van der Waals surface area contributed by atoms with E-state index < -0.39 is 0 Å². The van der Waals surface area contributed by atoms with Crippen molar-refractivity contribution in [2.24, 2.45) is 5.73 Å². The van der Waals surface area contributed by atoms with E-state index >= 15 is 0 Å². The summed E-state index contributed by atoms with van der Waals surface area (Å²) in [5, 5.41) is 0. The molecule has 1 aromatic rings. The van der Waals surface area contributed by atoms with Crippen LogP contribution in [-0.4, -0.2) is 30.6 Å². The van der Waals surface area contributed by atoms with Gasteiger partial charge in [0.05, 0.1) is 0 Å². The minimum absolute atomic E-state index is 0.0669. The quantitative estimate of drug-likeness (QED) is 0.867. The van der Waals surface area contributed by atoms with Crippen molar-refractivity contribution in [1.29, 1.82) is 0 Å². The summed E-state index contributed by atoms with van der Waals surface area (Å²) in [4.78, 5) is 2.37. The van der Waals surface area contributed by atoms with Gasteiger partial charge >= 0.3 is 0 Å². The smallest absolute Gasteiger partial charge is 0.0181 e. The fraction of sp³-hybridized carbons (Fsp3) is 0.600. The van der Waals surface area contributed by atoms with Gasteiger partial charge in [0.1, 0.15) is 0 Å². The lowest BCUT2D eigenvalue weighted by Gasteiger charge is -2.37. The molecule has 1 aliphatic rings. The molecule has 0 unspecified atom stereocenters. The molecule has 2 nitrogen and oxygen atoms in total. The predicted octanol–water partition coefficient (Wildman–Crippen LogP) is 2.35. The number of benzene rings is 1. The standard InChI is InChI=1S/C15H24N2/c1-13-3-5-14(6-4-13)7-8-15(16)9-11-17(2)12-10-15/h3-6H,7-12,16H2,1-2H3. The van der Waals surface area contributed by atoms with E-state index in [4.69, 9.17) is 5.73 Å². The highest BCUT2D eigenvalue weighted by Crippen LogP contribution is 2.24. The molecular weight excluding hydrogens is 208 g/mol. The lowest BCUT2D eigenvalue weighted by molar-refractivity contribution is 0.182. The van der Waals surface area contributed by atoms with E-state index in [-0.39, 0.29) is 5.54 Å². The molecule has 0 bridgehead atoms. The van der Waals surface area contributed by atoms with Crippen molar-refractivity contribution in [3.05, 3.63) is 35.4 Å². The maximum Gasteiger partial charge on any atom is 0.0181 e. The van der Waals surface area contributed by atoms with Gasteiger partial charge in [0, 0.05) is 5.54 Å². The van der Waals surface area contributed by atoms with Crippen LogP contribution in [-0.2, 0) is 6.42 Å². The summed E-state index contributed by atoms with van der Waals surface area (Å²) in [5.41, 5.74) is 9.28. The van der Waals surface area contributed by atoms with Crippen molar-refractivity contribution in [1.82, 2.24) is 4.90 Å². The summed E-state index contributed by atoms with van der Waals surface area (Å²) in [7, 11) is 2.18. The summed E-state index contributed by atoms with van der Waals surface area (Å²) in [6.45, 7) is 4.42. The summed E-state index contributed by atoms with van der Waals surface area (Å²) in [6.07, 6.45) is 4.50. The minimum atomic E-state index is 0.0669. The first-order valence-corrected chi connectivity index (χ1v) is 6.60. The molecule has 17 heavy (non-hydrogen) atoms. The molecule has 0 aromatic heterocycles. The maximum absolute atomic E-state index is 6.47. The molecule has 94 valence electrons. The fourth-order valence-electron chi connectivity index (χ4n) is 2.46. The Hall–Kier alpha value is -0.860. The van der Waals surface area contributed by atoms with Gasteiger partial charge in [-0.3, -0.25) is 0 Å². The summed E-state index contributed by atoms with van der Waals surface area (Å²) >= 11 is 0. The van der Waals surface area contributed by atoms with Crippen LogP contribution in [0.15, 0.2) is 24.3 Å². The van der Waals surface area contributed by atoms with Crippen molar-refractivity contribution in [3.63, 3.8) is 0 Å². The van der Waals surface area contributed by atoms with Crippen molar-refractivity contribution >= 4 is 0 Å². The number of aryl methyl sites for hydroxylation is 2. The molecule has 1 fully saturated rings. The predicted molar refractivity (Wildman–Crippen MR) is 73.1 cm³/mol. The van der Waals surface area contributed by atoms with Crippen LogP contribution in [0.5, 0.6) is 0 Å². The van der Waals surface area contributed by atoms with Gasteiger partial charge in [-0.05, 0) is 58.3 Å².